The molecule has 19 heavy (non-hydrogen) atoms. The minimum absolute atomic E-state index is 0.667. The summed E-state index contributed by atoms with van der Waals surface area (Å²) in [5.74, 6) is 0.667. The number of rotatable bonds is 6. The summed E-state index contributed by atoms with van der Waals surface area (Å²) in [4.78, 5) is 4.05. The van der Waals surface area contributed by atoms with E-state index in [-0.39, 0.29) is 0 Å². The lowest BCUT2D eigenvalue weighted by Gasteiger charge is -2.09. The molecule has 0 saturated carbocycles. The molecule has 0 aliphatic rings. The van der Waals surface area contributed by atoms with E-state index in [0.29, 0.717) is 5.92 Å². The molecule has 0 radical (unpaired) electrons. The van der Waals surface area contributed by atoms with E-state index in [1.165, 1.54) is 11.3 Å². The predicted octanol–water partition coefficient (Wildman–Crippen LogP) is 2.58. The maximum absolute atomic E-state index is 4.50. The smallest absolute Gasteiger partial charge is 0.0679 e. The van der Waals surface area contributed by atoms with Crippen LogP contribution in [0.4, 0.5) is 0 Å². The first-order valence-electron chi connectivity index (χ1n) is 6.89. The van der Waals surface area contributed by atoms with Crippen LogP contribution >= 0.6 is 0 Å². The zero-order valence-corrected chi connectivity index (χ0v) is 11.9. The lowest BCUT2D eigenvalue weighted by Crippen LogP contribution is -2.19. The molecule has 4 nitrogen and oxygen atoms in total. The predicted molar refractivity (Wildman–Crippen MR) is 77.3 cm³/mol. The molecule has 0 saturated heterocycles. The quantitative estimate of drug-likeness (QED) is 0.866. The molecule has 2 rings (SSSR count). The van der Waals surface area contributed by atoms with E-state index in [1.54, 1.807) is 12.4 Å². The number of hydrogen-bond acceptors (Lipinski definition) is 3. The van der Waals surface area contributed by atoms with Gasteiger partial charge in [-0.3, -0.25) is 4.98 Å². The molecule has 0 atom stereocenters. The van der Waals surface area contributed by atoms with Crippen molar-refractivity contribution in [2.45, 2.75) is 33.7 Å². The van der Waals surface area contributed by atoms with Crippen molar-refractivity contribution in [1.29, 1.82) is 0 Å². The minimum atomic E-state index is 0.667. The fourth-order valence-electron chi connectivity index (χ4n) is 2.14. The van der Waals surface area contributed by atoms with Gasteiger partial charge in [-0.15, -0.1) is 0 Å². The molecule has 0 spiro atoms. The summed E-state index contributed by atoms with van der Waals surface area (Å²) in [6.07, 6.45) is 6.54. The Morgan fingerprint density at radius 1 is 1.26 bits per heavy atom. The van der Waals surface area contributed by atoms with Crippen LogP contribution in [0.25, 0.3) is 5.69 Å². The topological polar surface area (TPSA) is 42.7 Å². The molecule has 4 heteroatoms. The lowest BCUT2D eigenvalue weighted by atomic mass is 10.2. The van der Waals surface area contributed by atoms with Crippen molar-refractivity contribution in [3.63, 3.8) is 0 Å². The van der Waals surface area contributed by atoms with Crippen molar-refractivity contribution < 1.29 is 0 Å². The number of nitrogens with zero attached hydrogens (tertiary/aromatic N) is 3. The van der Waals surface area contributed by atoms with E-state index in [4.69, 9.17) is 0 Å². The second kappa shape index (κ2) is 6.48. The fraction of sp³-hybridized carbons (Fsp3) is 0.467. The highest BCUT2D eigenvalue weighted by Crippen LogP contribution is 2.15. The average molecular weight is 258 g/mol. The molecular formula is C15H22N4. The van der Waals surface area contributed by atoms with Crippen molar-refractivity contribution >= 4 is 0 Å². The van der Waals surface area contributed by atoms with E-state index < -0.39 is 0 Å². The lowest BCUT2D eigenvalue weighted by molar-refractivity contribution is 0.551. The Morgan fingerprint density at radius 3 is 2.63 bits per heavy atom. The first kappa shape index (κ1) is 13.7. The summed E-state index contributed by atoms with van der Waals surface area (Å²) in [5.41, 5.74) is 3.62. The summed E-state index contributed by atoms with van der Waals surface area (Å²) in [7, 11) is 0. The van der Waals surface area contributed by atoms with E-state index >= 15 is 0 Å². The summed E-state index contributed by atoms with van der Waals surface area (Å²) >= 11 is 0. The number of aromatic nitrogens is 3. The molecule has 0 aliphatic heterocycles. The Hall–Kier alpha value is -1.68. The third-order valence-corrected chi connectivity index (χ3v) is 3.07. The molecule has 0 fully saturated rings. The van der Waals surface area contributed by atoms with Crippen LogP contribution in [0.3, 0.4) is 0 Å². The maximum Gasteiger partial charge on any atom is 0.0679 e. The van der Waals surface area contributed by atoms with Crippen molar-refractivity contribution in [3.8, 4) is 5.69 Å². The van der Waals surface area contributed by atoms with E-state index in [2.05, 4.69) is 36.2 Å². The molecule has 0 aliphatic carbocycles. The summed E-state index contributed by atoms with van der Waals surface area (Å²) in [5, 5.41) is 7.98. The molecule has 0 unspecified atom stereocenters. The van der Waals surface area contributed by atoms with Crippen LogP contribution in [-0.4, -0.2) is 21.3 Å². The molecular weight excluding hydrogens is 236 g/mol. The van der Waals surface area contributed by atoms with E-state index in [0.717, 1.165) is 25.2 Å². The number of hydrogen-bond donors (Lipinski definition) is 1. The third kappa shape index (κ3) is 3.41. The van der Waals surface area contributed by atoms with Crippen LogP contribution in [0.1, 0.15) is 32.0 Å². The largest absolute Gasteiger partial charge is 0.312 e. The molecule has 0 amide bonds. The monoisotopic (exact) mass is 258 g/mol. The second-order valence-electron chi connectivity index (χ2n) is 5.11. The average Bonchev–Trinajstić information content (AvgIpc) is 2.82. The van der Waals surface area contributed by atoms with Crippen LogP contribution in [0.5, 0.6) is 0 Å². The minimum Gasteiger partial charge on any atom is -0.312 e. The Balaban J connectivity index is 2.16. The summed E-state index contributed by atoms with van der Waals surface area (Å²) in [6, 6.07) is 3.97. The highest BCUT2D eigenvalue weighted by atomic mass is 15.3. The molecule has 0 aromatic carbocycles. The fourth-order valence-corrected chi connectivity index (χ4v) is 2.14. The zero-order chi connectivity index (χ0) is 13.7. The van der Waals surface area contributed by atoms with Gasteiger partial charge in [-0.25, -0.2) is 4.68 Å². The Morgan fingerprint density at radius 2 is 2.00 bits per heavy atom. The van der Waals surface area contributed by atoms with Gasteiger partial charge in [0.05, 0.1) is 11.9 Å². The van der Waals surface area contributed by atoms with Crippen LogP contribution in [0, 0.1) is 5.92 Å². The van der Waals surface area contributed by atoms with E-state index in [9.17, 15) is 0 Å². The van der Waals surface area contributed by atoms with Gasteiger partial charge >= 0.3 is 0 Å². The van der Waals surface area contributed by atoms with E-state index in [1.807, 2.05) is 23.0 Å². The highest BCUT2D eigenvalue weighted by Gasteiger charge is 2.10. The van der Waals surface area contributed by atoms with Crippen molar-refractivity contribution in [2.24, 2.45) is 5.92 Å². The standard InChI is InChI=1S/C15H22N4/c1-4-15-13(10-17-9-12(2)3)11-18-19(15)14-5-7-16-8-6-14/h5-8,11-12,17H,4,9-10H2,1-3H3. The maximum atomic E-state index is 4.50. The van der Waals surface area contributed by atoms with Crippen molar-refractivity contribution in [1.82, 2.24) is 20.1 Å². The number of pyridine rings is 1. The van der Waals surface area contributed by atoms with Gasteiger partial charge in [-0.2, -0.15) is 5.10 Å². The van der Waals surface area contributed by atoms with Crippen molar-refractivity contribution in [3.05, 3.63) is 42.0 Å². The normalized spacial score (nSPS) is 11.2. The molecule has 1 N–H and O–H groups in total. The molecule has 2 aromatic heterocycles. The Kier molecular flexibility index (Phi) is 4.68. The molecule has 0 bridgehead atoms. The van der Waals surface area contributed by atoms with Crippen LogP contribution in [0.15, 0.2) is 30.7 Å². The first-order valence-corrected chi connectivity index (χ1v) is 6.89. The van der Waals surface area contributed by atoms with Gasteiger partial charge in [0, 0.05) is 30.2 Å². The van der Waals surface area contributed by atoms with Gasteiger partial charge in [0.2, 0.25) is 0 Å². The Bertz CT molecular complexity index is 502. The molecule has 2 aromatic rings. The van der Waals surface area contributed by atoms with Crippen LogP contribution < -0.4 is 5.32 Å². The van der Waals surface area contributed by atoms with Gasteiger partial charge < -0.3 is 5.32 Å². The molecule has 2 heterocycles. The van der Waals surface area contributed by atoms with Crippen LogP contribution in [0.2, 0.25) is 0 Å². The van der Waals surface area contributed by atoms with Gasteiger partial charge in [0.15, 0.2) is 0 Å². The third-order valence-electron chi connectivity index (χ3n) is 3.07. The Labute approximate surface area is 114 Å². The van der Waals surface area contributed by atoms with Gasteiger partial charge in [0.25, 0.3) is 0 Å². The van der Waals surface area contributed by atoms with Gasteiger partial charge in [0.1, 0.15) is 0 Å². The van der Waals surface area contributed by atoms with Crippen molar-refractivity contribution in [2.75, 3.05) is 6.54 Å². The highest BCUT2D eigenvalue weighted by molar-refractivity contribution is 5.33. The van der Waals surface area contributed by atoms with Gasteiger partial charge in [-0.1, -0.05) is 20.8 Å². The first-order chi connectivity index (χ1) is 9.22. The zero-order valence-electron chi connectivity index (χ0n) is 11.9. The molecule has 102 valence electrons. The summed E-state index contributed by atoms with van der Waals surface area (Å²) < 4.78 is 2.01. The summed E-state index contributed by atoms with van der Waals surface area (Å²) in [6.45, 7) is 8.51. The second-order valence-corrected chi connectivity index (χ2v) is 5.11. The SMILES string of the molecule is CCc1c(CNCC(C)C)cnn1-c1ccncc1. The van der Waals surface area contributed by atoms with Gasteiger partial charge in [-0.05, 0) is 31.0 Å². The number of nitrogens with one attached hydrogen (secondary N) is 1. The van der Waals surface area contributed by atoms with Crippen LogP contribution in [-0.2, 0) is 13.0 Å².